The topological polar surface area (TPSA) is 159 Å². The number of esters is 1. The van der Waals surface area contributed by atoms with E-state index in [1.807, 2.05) is 0 Å². The van der Waals surface area contributed by atoms with Gasteiger partial charge in [-0.25, -0.2) is 13.4 Å². The minimum Gasteiger partial charge on any atom is -0.475 e. The largest absolute Gasteiger partial charge is 0.475 e. The van der Waals surface area contributed by atoms with Gasteiger partial charge in [0.1, 0.15) is 33.5 Å². The summed E-state index contributed by atoms with van der Waals surface area (Å²) in [6, 6.07) is 5.47. The quantitative estimate of drug-likeness (QED) is 0.144. The Morgan fingerprint density at radius 3 is 2.32 bits per heavy atom. The van der Waals surface area contributed by atoms with E-state index in [0.29, 0.717) is 86.5 Å². The first-order chi connectivity index (χ1) is 31.9. The minimum atomic E-state index is -3.09. The number of likely N-dealkylation sites (N-methyl/N-ethyl adjacent to an activating group) is 1. The lowest BCUT2D eigenvalue weighted by Crippen LogP contribution is -2.68. The Balaban J connectivity index is 1.01. The molecule has 1 amide bonds. The normalized spacial score (nSPS) is 39.6. The van der Waals surface area contributed by atoms with E-state index in [1.165, 1.54) is 60.0 Å². The Morgan fingerprint density at radius 1 is 0.941 bits per heavy atom. The molecule has 2 N–H and O–H groups in total. The third kappa shape index (κ3) is 8.62. The molecule has 8 rings (SSSR count). The summed E-state index contributed by atoms with van der Waals surface area (Å²) >= 11 is 0. The Labute approximate surface area is 408 Å². The third-order valence-electron chi connectivity index (χ3n) is 20.8. The molecule has 0 aromatic carbocycles. The zero-order chi connectivity index (χ0) is 49.3. The first-order valence-corrected chi connectivity index (χ1v) is 27.9. The van der Waals surface area contributed by atoms with Crippen LogP contribution >= 0.6 is 0 Å². The van der Waals surface area contributed by atoms with Crippen molar-refractivity contribution in [3.05, 3.63) is 59.3 Å². The molecule has 0 saturated heterocycles. The lowest BCUT2D eigenvalue weighted by atomic mass is 9.33. The van der Waals surface area contributed by atoms with Crippen molar-refractivity contribution in [2.45, 2.75) is 167 Å². The van der Waals surface area contributed by atoms with Gasteiger partial charge in [0.2, 0.25) is 5.88 Å². The Bertz CT molecular complexity index is 2360. The highest BCUT2D eigenvalue weighted by molar-refractivity contribution is 7.91. The minimum absolute atomic E-state index is 0.00946. The van der Waals surface area contributed by atoms with Gasteiger partial charge in [-0.15, -0.1) is 0 Å². The van der Waals surface area contributed by atoms with Crippen LogP contribution in [0.5, 0.6) is 5.88 Å². The van der Waals surface area contributed by atoms with Crippen molar-refractivity contribution in [3.8, 4) is 11.9 Å². The molecule has 1 aromatic rings. The summed E-state index contributed by atoms with van der Waals surface area (Å²) < 4.78 is 36.4. The number of sulfone groups is 1. The standard InChI is InChI=1S/C56H82N4O7S/c1-37(2)41-19-28-56(59-33-31-55(63)26-17-40(18-27-55)68(10,64)65)30-29-52(6)43(47(41)56)13-14-45-51(5)22-20-42(50(3,4)44(51)21-23-53(45,52)7)38-15-24-54(25-16-38,49(62)66-35-46(61)60(8)9)36-67-48-39(34-57)12-11-32-58-48/h11-12,15,20,32,40-41,43-45,47,59,63H,1,13-14,16-19,21-31,33,35-36H2,2-10H3/t40-,41-,43+,44-,45+,47+,51-,52+,53+,54+,55+,56-/m0/s1. The maximum atomic E-state index is 14.0. The molecule has 10 atom stereocenters. The second kappa shape index (κ2) is 18.3. The number of aliphatic hydroxyl groups is 1. The van der Waals surface area contributed by atoms with Crippen LogP contribution in [0.4, 0.5) is 0 Å². The number of carbonyl (C=O) groups excluding carboxylic acids is 2. The SMILES string of the molecule is C=C(C)[C@@H]1CC[C@]2(NCC[C@]3(O)CC[C@@H](S(C)(=O)=O)CC3)CC[C@]3(C)[C@H](CC[C@@H]4[C@@]5(C)CC=C(C6=CC[C@@](COc7ncccc7C#N)(C(=O)OCC(=O)N(C)C)CC6)C(C)(C)[C@@H]5CC[C@]43C)[C@@H]12. The van der Waals surface area contributed by atoms with Gasteiger partial charge in [0.15, 0.2) is 6.61 Å². The molecule has 5 saturated carbocycles. The monoisotopic (exact) mass is 955 g/mol. The van der Waals surface area contributed by atoms with Gasteiger partial charge in [-0.3, -0.25) is 9.59 Å². The van der Waals surface area contributed by atoms with Gasteiger partial charge < -0.3 is 24.8 Å². The van der Waals surface area contributed by atoms with Crippen LogP contribution in [-0.2, 0) is 24.2 Å². The van der Waals surface area contributed by atoms with Crippen LogP contribution in [0.2, 0.25) is 0 Å². The number of hydrogen-bond donors (Lipinski definition) is 2. The number of rotatable bonds is 13. The smallest absolute Gasteiger partial charge is 0.316 e. The average Bonchev–Trinajstić information content (AvgIpc) is 3.67. The molecule has 0 aliphatic heterocycles. The van der Waals surface area contributed by atoms with Gasteiger partial charge >= 0.3 is 5.97 Å². The van der Waals surface area contributed by atoms with Gasteiger partial charge in [0.25, 0.3) is 5.91 Å². The first-order valence-electron chi connectivity index (χ1n) is 26.0. The highest BCUT2D eigenvalue weighted by Gasteiger charge is 2.70. The van der Waals surface area contributed by atoms with E-state index < -0.39 is 26.8 Å². The molecule has 0 spiro atoms. The summed E-state index contributed by atoms with van der Waals surface area (Å²) in [6.07, 6.45) is 22.7. The fraction of sp³-hybridized carbons (Fsp3) is 0.750. The van der Waals surface area contributed by atoms with E-state index in [1.54, 1.807) is 32.4 Å². The van der Waals surface area contributed by atoms with Crippen molar-refractivity contribution in [3.63, 3.8) is 0 Å². The number of nitriles is 1. The molecule has 374 valence electrons. The molecule has 68 heavy (non-hydrogen) atoms. The zero-order valence-electron chi connectivity index (χ0n) is 42.8. The van der Waals surface area contributed by atoms with Crippen LogP contribution in [0.15, 0.2) is 53.8 Å². The third-order valence-corrected chi connectivity index (χ3v) is 22.5. The van der Waals surface area contributed by atoms with Gasteiger partial charge in [-0.1, -0.05) is 58.9 Å². The number of pyridine rings is 1. The van der Waals surface area contributed by atoms with Gasteiger partial charge in [0.05, 0.1) is 10.9 Å². The van der Waals surface area contributed by atoms with E-state index in [9.17, 15) is 28.4 Å². The van der Waals surface area contributed by atoms with E-state index in [-0.39, 0.29) is 57.4 Å². The highest BCUT2D eigenvalue weighted by Crippen LogP contribution is 2.76. The molecular weight excluding hydrogens is 873 g/mol. The van der Waals surface area contributed by atoms with Gasteiger partial charge in [-0.2, -0.15) is 5.26 Å². The second-order valence-electron chi connectivity index (χ2n) is 24.7. The van der Waals surface area contributed by atoms with Crippen LogP contribution in [0.3, 0.4) is 0 Å². The van der Waals surface area contributed by atoms with Crippen LogP contribution in [-0.4, -0.2) is 91.8 Å². The number of aromatic nitrogens is 1. The molecule has 1 aromatic heterocycles. The van der Waals surface area contributed by atoms with Gasteiger partial charge in [-0.05, 0) is 197 Å². The van der Waals surface area contributed by atoms with Crippen molar-refractivity contribution in [2.75, 3.05) is 40.1 Å². The summed E-state index contributed by atoms with van der Waals surface area (Å²) in [4.78, 5) is 32.2. The van der Waals surface area contributed by atoms with Crippen molar-refractivity contribution >= 4 is 21.7 Å². The number of fused-ring (bicyclic) bond motifs is 7. The fourth-order valence-electron chi connectivity index (χ4n) is 16.7. The van der Waals surface area contributed by atoms with E-state index >= 15 is 0 Å². The molecule has 1 heterocycles. The molecule has 0 radical (unpaired) electrons. The summed E-state index contributed by atoms with van der Waals surface area (Å²) in [5.41, 5.74) is 2.91. The molecular formula is C56H82N4O7S. The predicted octanol–water partition coefficient (Wildman–Crippen LogP) is 9.70. The number of hydrogen-bond acceptors (Lipinski definition) is 10. The van der Waals surface area contributed by atoms with Crippen molar-refractivity contribution in [1.29, 1.82) is 5.26 Å². The number of nitrogens with one attached hydrogen (secondary N) is 1. The number of carbonyl (C=O) groups is 2. The molecule has 11 nitrogen and oxygen atoms in total. The number of ether oxygens (including phenoxy) is 2. The molecule has 5 fully saturated rings. The van der Waals surface area contributed by atoms with Crippen LogP contribution < -0.4 is 10.1 Å². The predicted molar refractivity (Wildman–Crippen MR) is 266 cm³/mol. The second-order valence-corrected chi connectivity index (χ2v) is 27.0. The van der Waals surface area contributed by atoms with E-state index in [2.05, 4.69) is 76.6 Å². The lowest BCUT2D eigenvalue weighted by Gasteiger charge is -2.72. The van der Waals surface area contributed by atoms with Crippen LogP contribution in [0.1, 0.15) is 156 Å². The lowest BCUT2D eigenvalue weighted by molar-refractivity contribution is -0.221. The Hall–Kier alpha value is -3.53. The molecule has 7 aliphatic rings. The maximum Gasteiger partial charge on any atom is 0.316 e. The summed E-state index contributed by atoms with van der Waals surface area (Å²) in [7, 11) is 0.189. The first kappa shape index (κ1) is 50.8. The molecule has 0 unspecified atom stereocenters. The Morgan fingerprint density at radius 2 is 1.68 bits per heavy atom. The van der Waals surface area contributed by atoms with Crippen LogP contribution in [0, 0.1) is 68.0 Å². The van der Waals surface area contributed by atoms with Crippen molar-refractivity contribution < 1.29 is 32.6 Å². The molecule has 7 aliphatic carbocycles. The number of amides is 1. The maximum absolute atomic E-state index is 14.0. The molecule has 12 heteroatoms. The highest BCUT2D eigenvalue weighted by atomic mass is 32.2. The van der Waals surface area contributed by atoms with E-state index in [0.717, 1.165) is 32.2 Å². The Kier molecular flexibility index (Phi) is 13.7. The average molecular weight is 955 g/mol. The fourth-order valence-corrected chi connectivity index (χ4v) is 17.8. The summed E-state index contributed by atoms with van der Waals surface area (Å²) in [5, 5.41) is 25.2. The summed E-state index contributed by atoms with van der Waals surface area (Å²) in [6.45, 7) is 20.2. The number of nitrogens with zero attached hydrogens (tertiary/aromatic N) is 3. The number of allylic oxidation sites excluding steroid dienone is 5. The van der Waals surface area contributed by atoms with Gasteiger partial charge in [0, 0.05) is 32.1 Å². The van der Waals surface area contributed by atoms with Crippen molar-refractivity contribution in [2.24, 2.45) is 56.7 Å². The summed E-state index contributed by atoms with van der Waals surface area (Å²) in [5.74, 6) is 2.08. The van der Waals surface area contributed by atoms with Crippen LogP contribution in [0.25, 0.3) is 0 Å². The zero-order valence-corrected chi connectivity index (χ0v) is 43.7. The van der Waals surface area contributed by atoms with Crippen molar-refractivity contribution in [1.82, 2.24) is 15.2 Å². The van der Waals surface area contributed by atoms with E-state index in [4.69, 9.17) is 9.47 Å². The molecule has 0 bridgehead atoms.